The number of methoxy groups -OCH3 is 2. The molecule has 1 heterocycles. The van der Waals surface area contributed by atoms with Crippen LogP contribution in [-0.4, -0.2) is 19.2 Å². The van der Waals surface area contributed by atoms with Crippen molar-refractivity contribution in [2.75, 3.05) is 19.5 Å². The monoisotopic (exact) mass is 356 g/mol. The smallest absolute Gasteiger partial charge is 0.161 e. The molecule has 0 saturated carbocycles. The highest BCUT2D eigenvalue weighted by Gasteiger charge is 2.09. The van der Waals surface area contributed by atoms with Crippen LogP contribution in [0.2, 0.25) is 5.15 Å². The van der Waals surface area contributed by atoms with Gasteiger partial charge in [-0.2, -0.15) is 0 Å². The van der Waals surface area contributed by atoms with Crippen LogP contribution in [0.3, 0.4) is 0 Å². The first-order valence-electron chi connectivity index (χ1n) is 5.91. The Morgan fingerprint density at radius 3 is 2.55 bits per heavy atom. The first-order chi connectivity index (χ1) is 9.63. The normalized spacial score (nSPS) is 10.2. The summed E-state index contributed by atoms with van der Waals surface area (Å²) in [5, 5.41) is 3.67. The fraction of sp³-hybridized carbons (Fsp3) is 0.214. The van der Waals surface area contributed by atoms with Crippen LogP contribution < -0.4 is 14.8 Å². The molecule has 0 aliphatic heterocycles. The third kappa shape index (κ3) is 3.55. The maximum Gasteiger partial charge on any atom is 0.161 e. The van der Waals surface area contributed by atoms with E-state index in [-0.39, 0.29) is 0 Å². The summed E-state index contributed by atoms with van der Waals surface area (Å²) < 4.78 is 11.5. The van der Waals surface area contributed by atoms with Crippen LogP contribution in [0.4, 0.5) is 5.82 Å². The number of nitrogens with one attached hydrogen (secondary N) is 1. The van der Waals surface area contributed by atoms with Gasteiger partial charge in [0.2, 0.25) is 0 Å². The van der Waals surface area contributed by atoms with E-state index in [4.69, 9.17) is 21.1 Å². The molecule has 2 aromatic rings. The van der Waals surface area contributed by atoms with Crippen LogP contribution in [0, 0.1) is 0 Å². The molecule has 0 radical (unpaired) electrons. The van der Waals surface area contributed by atoms with E-state index in [0.717, 1.165) is 15.9 Å². The van der Waals surface area contributed by atoms with Crippen LogP contribution in [0.15, 0.2) is 34.8 Å². The van der Waals surface area contributed by atoms with Crippen molar-refractivity contribution in [1.29, 1.82) is 0 Å². The lowest BCUT2D eigenvalue weighted by Crippen LogP contribution is -2.03. The second-order valence-electron chi connectivity index (χ2n) is 4.00. The van der Waals surface area contributed by atoms with E-state index in [9.17, 15) is 0 Å². The summed E-state index contributed by atoms with van der Waals surface area (Å²) in [7, 11) is 3.22. The van der Waals surface area contributed by atoms with Gasteiger partial charge in [0.15, 0.2) is 11.5 Å². The Bertz CT molecular complexity index is 608. The Hall–Kier alpha value is -1.46. The highest BCUT2D eigenvalue weighted by molar-refractivity contribution is 9.10. The van der Waals surface area contributed by atoms with Gasteiger partial charge in [0, 0.05) is 11.0 Å². The number of ether oxygens (including phenoxy) is 2. The summed E-state index contributed by atoms with van der Waals surface area (Å²) in [6, 6.07) is 9.24. The van der Waals surface area contributed by atoms with E-state index in [2.05, 4.69) is 26.2 Å². The lowest BCUT2D eigenvalue weighted by molar-refractivity contribution is 0.354. The Balaban J connectivity index is 2.17. The molecular weight excluding hydrogens is 344 g/mol. The molecule has 106 valence electrons. The largest absolute Gasteiger partial charge is 0.493 e. The van der Waals surface area contributed by atoms with Crippen molar-refractivity contribution >= 4 is 33.3 Å². The number of hydrogen-bond acceptors (Lipinski definition) is 4. The molecule has 0 saturated heterocycles. The fourth-order valence-electron chi connectivity index (χ4n) is 1.72. The second kappa shape index (κ2) is 6.81. The molecule has 0 spiro atoms. The molecule has 0 atom stereocenters. The van der Waals surface area contributed by atoms with Gasteiger partial charge in [-0.25, -0.2) is 4.98 Å². The number of rotatable bonds is 5. The van der Waals surface area contributed by atoms with Crippen molar-refractivity contribution in [3.05, 3.63) is 45.5 Å². The zero-order valence-corrected chi connectivity index (χ0v) is 13.5. The highest BCUT2D eigenvalue weighted by atomic mass is 79.9. The first-order valence-corrected chi connectivity index (χ1v) is 7.08. The number of benzene rings is 1. The third-order valence-corrected chi connectivity index (χ3v) is 3.68. The van der Waals surface area contributed by atoms with Crippen molar-refractivity contribution in [2.45, 2.75) is 6.54 Å². The third-order valence-electron chi connectivity index (χ3n) is 2.73. The van der Waals surface area contributed by atoms with Gasteiger partial charge in [0.05, 0.1) is 14.2 Å². The van der Waals surface area contributed by atoms with E-state index in [1.54, 1.807) is 20.3 Å². The average molecular weight is 358 g/mol. The van der Waals surface area contributed by atoms with E-state index in [1.165, 1.54) is 0 Å². The molecule has 0 fully saturated rings. The highest BCUT2D eigenvalue weighted by Crippen LogP contribution is 2.33. The van der Waals surface area contributed by atoms with Crippen LogP contribution in [0.25, 0.3) is 0 Å². The average Bonchev–Trinajstić information content (AvgIpc) is 2.45. The lowest BCUT2D eigenvalue weighted by atomic mass is 10.2. The predicted octanol–water partition coefficient (Wildman–Crippen LogP) is 4.13. The van der Waals surface area contributed by atoms with Gasteiger partial charge in [-0.05, 0) is 29.8 Å². The maximum absolute atomic E-state index is 5.85. The number of nitrogens with zero attached hydrogens (tertiary/aromatic N) is 1. The molecule has 1 N–H and O–H groups in total. The van der Waals surface area contributed by atoms with Crippen LogP contribution >= 0.6 is 27.5 Å². The topological polar surface area (TPSA) is 43.4 Å². The zero-order chi connectivity index (χ0) is 14.5. The molecule has 20 heavy (non-hydrogen) atoms. The van der Waals surface area contributed by atoms with Crippen LogP contribution in [0.1, 0.15) is 5.56 Å². The Labute approximate surface area is 131 Å². The van der Waals surface area contributed by atoms with E-state index >= 15 is 0 Å². The minimum Gasteiger partial charge on any atom is -0.493 e. The number of pyridine rings is 1. The maximum atomic E-state index is 5.85. The van der Waals surface area contributed by atoms with Crippen molar-refractivity contribution in [2.24, 2.45) is 0 Å². The summed E-state index contributed by atoms with van der Waals surface area (Å²) in [4.78, 5) is 4.18. The van der Waals surface area contributed by atoms with Crippen LogP contribution in [-0.2, 0) is 6.54 Å². The molecule has 0 aliphatic rings. The Morgan fingerprint density at radius 2 is 1.90 bits per heavy atom. The van der Waals surface area contributed by atoms with Crippen molar-refractivity contribution in [3.8, 4) is 11.5 Å². The number of hydrogen-bond donors (Lipinski definition) is 1. The molecule has 1 aromatic heterocycles. The van der Waals surface area contributed by atoms with Crippen molar-refractivity contribution in [3.63, 3.8) is 0 Å². The summed E-state index contributed by atoms with van der Waals surface area (Å²) in [5.74, 6) is 2.09. The SMILES string of the molecule is COc1cc(Br)c(CNc2cccc(Cl)n2)cc1OC. The summed E-state index contributed by atoms with van der Waals surface area (Å²) in [5.41, 5.74) is 1.03. The molecule has 0 aliphatic carbocycles. The molecule has 2 rings (SSSR count). The van der Waals surface area contributed by atoms with Gasteiger partial charge in [-0.1, -0.05) is 33.6 Å². The summed E-state index contributed by atoms with van der Waals surface area (Å²) >= 11 is 9.37. The molecule has 0 amide bonds. The standard InChI is InChI=1S/C14H14BrClN2O2/c1-19-11-6-9(10(15)7-12(11)20-2)8-17-14-5-3-4-13(16)18-14/h3-7H,8H2,1-2H3,(H,17,18). The van der Waals surface area contributed by atoms with Gasteiger partial charge in [-0.3, -0.25) is 0 Å². The zero-order valence-electron chi connectivity index (χ0n) is 11.1. The van der Waals surface area contributed by atoms with Gasteiger partial charge in [0.1, 0.15) is 11.0 Å². The fourth-order valence-corrected chi connectivity index (χ4v) is 2.35. The minimum absolute atomic E-state index is 0.460. The van der Waals surface area contributed by atoms with Gasteiger partial charge in [-0.15, -0.1) is 0 Å². The predicted molar refractivity (Wildman–Crippen MR) is 83.8 cm³/mol. The quantitative estimate of drug-likeness (QED) is 0.817. The summed E-state index contributed by atoms with van der Waals surface area (Å²) in [6.07, 6.45) is 0. The second-order valence-corrected chi connectivity index (χ2v) is 5.24. The number of anilines is 1. The minimum atomic E-state index is 0.460. The number of aromatic nitrogens is 1. The van der Waals surface area contributed by atoms with Gasteiger partial charge < -0.3 is 14.8 Å². The van der Waals surface area contributed by atoms with E-state index in [0.29, 0.717) is 23.2 Å². The molecule has 0 unspecified atom stereocenters. The van der Waals surface area contributed by atoms with E-state index in [1.807, 2.05) is 24.3 Å². The summed E-state index contributed by atoms with van der Waals surface area (Å²) in [6.45, 7) is 0.592. The Morgan fingerprint density at radius 1 is 1.20 bits per heavy atom. The molecule has 4 nitrogen and oxygen atoms in total. The van der Waals surface area contributed by atoms with E-state index < -0.39 is 0 Å². The Kier molecular flexibility index (Phi) is 5.09. The molecule has 1 aromatic carbocycles. The lowest BCUT2D eigenvalue weighted by Gasteiger charge is -2.12. The molecule has 0 bridgehead atoms. The first kappa shape index (κ1) is 14.9. The molecular formula is C14H14BrClN2O2. The van der Waals surface area contributed by atoms with Gasteiger partial charge in [0.25, 0.3) is 0 Å². The van der Waals surface area contributed by atoms with Crippen molar-refractivity contribution < 1.29 is 9.47 Å². The van der Waals surface area contributed by atoms with Crippen molar-refractivity contribution in [1.82, 2.24) is 4.98 Å². The number of halogens is 2. The van der Waals surface area contributed by atoms with Crippen LogP contribution in [0.5, 0.6) is 11.5 Å². The molecule has 6 heteroatoms. The van der Waals surface area contributed by atoms with Gasteiger partial charge >= 0.3 is 0 Å².